The van der Waals surface area contributed by atoms with Crippen LogP contribution in [0.1, 0.15) is 21.3 Å². The highest BCUT2D eigenvalue weighted by Crippen LogP contribution is 2.49. The molecule has 0 aliphatic heterocycles. The molecule has 0 amide bonds. The maximum absolute atomic E-state index is 13.7. The number of hydrogen-bond donors (Lipinski definition) is 1. The van der Waals surface area contributed by atoms with Crippen LogP contribution in [0.4, 0.5) is 4.39 Å². The predicted octanol–water partition coefficient (Wildman–Crippen LogP) is 5.29. The first-order valence-electron chi connectivity index (χ1n) is 10.8. The van der Waals surface area contributed by atoms with Crippen molar-refractivity contribution in [2.45, 2.75) is 17.4 Å². The first-order chi connectivity index (χ1) is 16.8. The molecule has 0 saturated heterocycles. The molecule has 1 aromatic heterocycles. The molecule has 1 aliphatic carbocycles. The molecule has 1 aliphatic rings. The van der Waals surface area contributed by atoms with Gasteiger partial charge in [0.05, 0.1) is 16.3 Å². The number of halogens is 1. The van der Waals surface area contributed by atoms with Gasteiger partial charge in [0.1, 0.15) is 21.8 Å². The molecule has 1 heterocycles. The topological polar surface area (TPSA) is 93.6 Å². The van der Waals surface area contributed by atoms with Crippen LogP contribution in [-0.4, -0.2) is 31.1 Å². The number of ether oxygens (including phenoxy) is 1. The van der Waals surface area contributed by atoms with Gasteiger partial charge in [-0.1, -0.05) is 42.5 Å². The first kappa shape index (κ1) is 23.2. The van der Waals surface area contributed by atoms with Gasteiger partial charge in [-0.2, -0.15) is 0 Å². The summed E-state index contributed by atoms with van der Waals surface area (Å²) in [4.78, 5) is 16.5. The second kappa shape index (κ2) is 9.24. The summed E-state index contributed by atoms with van der Waals surface area (Å²) in [6, 6.07) is 20.1. The molecule has 5 rings (SSSR count). The molecule has 0 bridgehead atoms. The van der Waals surface area contributed by atoms with Crippen molar-refractivity contribution in [3.05, 3.63) is 94.6 Å². The summed E-state index contributed by atoms with van der Waals surface area (Å²) >= 11 is 1.28. The number of aliphatic carboxylic acids is 1. The van der Waals surface area contributed by atoms with Gasteiger partial charge in [0, 0.05) is 16.7 Å². The molecule has 9 heteroatoms. The van der Waals surface area contributed by atoms with E-state index in [2.05, 4.69) is 0 Å². The number of thiazole rings is 1. The van der Waals surface area contributed by atoms with Crippen LogP contribution in [0.15, 0.2) is 72.8 Å². The molecule has 4 aromatic rings. The van der Waals surface area contributed by atoms with E-state index in [0.717, 1.165) is 0 Å². The van der Waals surface area contributed by atoms with E-state index in [1.54, 1.807) is 48.5 Å². The SMILES string of the molecule is O=C(O)COc1cccc2c1CC(S(=O)(=O)Cc1ccccc1)c1sc(-c3ccc(F)cc3)nc1-2. The van der Waals surface area contributed by atoms with E-state index in [1.807, 2.05) is 12.1 Å². The highest BCUT2D eigenvalue weighted by molar-refractivity contribution is 7.91. The predicted molar refractivity (Wildman–Crippen MR) is 132 cm³/mol. The zero-order valence-corrected chi connectivity index (χ0v) is 20.0. The van der Waals surface area contributed by atoms with E-state index in [0.29, 0.717) is 43.6 Å². The van der Waals surface area contributed by atoms with Crippen molar-refractivity contribution in [2.75, 3.05) is 6.61 Å². The van der Waals surface area contributed by atoms with Crippen LogP contribution in [0.5, 0.6) is 5.75 Å². The second-order valence-corrected chi connectivity index (χ2v) is 11.4. The zero-order valence-electron chi connectivity index (χ0n) is 18.3. The number of sulfone groups is 1. The van der Waals surface area contributed by atoms with E-state index >= 15 is 0 Å². The minimum Gasteiger partial charge on any atom is -0.482 e. The van der Waals surface area contributed by atoms with Crippen LogP contribution in [0.2, 0.25) is 0 Å². The summed E-state index contributed by atoms with van der Waals surface area (Å²) in [6.45, 7) is -0.539. The minimum atomic E-state index is -3.68. The number of rotatable bonds is 7. The Morgan fingerprint density at radius 3 is 2.51 bits per heavy atom. The smallest absolute Gasteiger partial charge is 0.341 e. The second-order valence-electron chi connectivity index (χ2n) is 8.19. The van der Waals surface area contributed by atoms with E-state index in [1.165, 1.54) is 23.5 Å². The number of fused-ring (bicyclic) bond motifs is 3. The Morgan fingerprint density at radius 2 is 1.80 bits per heavy atom. The average molecular weight is 510 g/mol. The maximum Gasteiger partial charge on any atom is 0.341 e. The van der Waals surface area contributed by atoms with Crippen molar-refractivity contribution >= 4 is 27.1 Å². The Kier molecular flexibility index (Phi) is 6.12. The van der Waals surface area contributed by atoms with E-state index < -0.39 is 27.7 Å². The summed E-state index contributed by atoms with van der Waals surface area (Å²) in [5.74, 6) is -1.31. The van der Waals surface area contributed by atoms with E-state index in [-0.39, 0.29) is 18.0 Å². The number of carboxylic acid groups (broad SMARTS) is 1. The molecule has 0 saturated carbocycles. The van der Waals surface area contributed by atoms with Gasteiger partial charge >= 0.3 is 5.97 Å². The number of aromatic nitrogens is 1. The fraction of sp³-hybridized carbons (Fsp3) is 0.154. The van der Waals surface area contributed by atoms with Gasteiger partial charge in [0.15, 0.2) is 16.4 Å². The fourth-order valence-corrected chi connectivity index (χ4v) is 7.57. The molecule has 3 aromatic carbocycles. The quantitative estimate of drug-likeness (QED) is 0.364. The highest BCUT2D eigenvalue weighted by Gasteiger charge is 2.38. The lowest BCUT2D eigenvalue weighted by atomic mass is 9.92. The van der Waals surface area contributed by atoms with Crippen LogP contribution < -0.4 is 4.74 Å². The number of benzene rings is 3. The van der Waals surface area contributed by atoms with Crippen molar-refractivity contribution in [2.24, 2.45) is 0 Å². The summed E-state index contributed by atoms with van der Waals surface area (Å²) in [5, 5.41) is 8.77. The third-order valence-corrected chi connectivity index (χ3v) is 9.18. The summed E-state index contributed by atoms with van der Waals surface area (Å²) in [7, 11) is -3.68. The number of carbonyl (C=O) groups is 1. The number of hydrogen-bond acceptors (Lipinski definition) is 6. The van der Waals surface area contributed by atoms with Crippen molar-refractivity contribution in [3.63, 3.8) is 0 Å². The lowest BCUT2D eigenvalue weighted by molar-refractivity contribution is -0.139. The first-order valence-corrected chi connectivity index (χ1v) is 13.3. The summed E-state index contributed by atoms with van der Waals surface area (Å²) < 4.78 is 46.4. The van der Waals surface area contributed by atoms with Crippen LogP contribution in [0.25, 0.3) is 21.8 Å². The van der Waals surface area contributed by atoms with Crippen molar-refractivity contribution in [1.29, 1.82) is 0 Å². The largest absolute Gasteiger partial charge is 0.482 e. The molecule has 1 N–H and O–H groups in total. The van der Waals surface area contributed by atoms with Gasteiger partial charge in [0.25, 0.3) is 0 Å². The Labute approximate surface area is 205 Å². The standard InChI is InChI=1S/C26H20FNO5S2/c27-18-11-9-17(10-12-18)26-28-24-19-7-4-8-21(33-14-23(29)30)20(19)13-22(25(24)34-26)35(31,32)15-16-5-2-1-3-6-16/h1-12,22H,13-15H2,(H,29,30). The minimum absolute atomic E-state index is 0.137. The number of carboxylic acids is 1. The zero-order chi connectivity index (χ0) is 24.6. The Balaban J connectivity index is 1.64. The Bertz CT molecular complexity index is 1500. The molecule has 0 spiro atoms. The maximum atomic E-state index is 13.7. The van der Waals surface area contributed by atoms with Crippen molar-refractivity contribution in [3.8, 4) is 27.6 Å². The van der Waals surface area contributed by atoms with Gasteiger partial charge in [-0.05, 0) is 42.3 Å². The molecule has 6 nitrogen and oxygen atoms in total. The molecular weight excluding hydrogens is 489 g/mol. The highest BCUT2D eigenvalue weighted by atomic mass is 32.2. The van der Waals surface area contributed by atoms with E-state index in [4.69, 9.17) is 14.8 Å². The monoisotopic (exact) mass is 509 g/mol. The molecule has 35 heavy (non-hydrogen) atoms. The normalized spacial score (nSPS) is 14.7. The van der Waals surface area contributed by atoms with Crippen molar-refractivity contribution < 1.29 is 27.4 Å². The summed E-state index contributed by atoms with van der Waals surface area (Å²) in [6.07, 6.45) is 0.137. The lowest BCUT2D eigenvalue weighted by Gasteiger charge is -2.25. The van der Waals surface area contributed by atoms with Crippen molar-refractivity contribution in [1.82, 2.24) is 4.98 Å². The van der Waals surface area contributed by atoms with Gasteiger partial charge in [0.2, 0.25) is 0 Å². The van der Waals surface area contributed by atoms with Gasteiger partial charge < -0.3 is 9.84 Å². The molecule has 1 atom stereocenters. The van der Waals surface area contributed by atoms with Crippen LogP contribution in [0.3, 0.4) is 0 Å². The molecule has 0 radical (unpaired) electrons. The fourth-order valence-electron chi connectivity index (χ4n) is 4.21. The van der Waals surface area contributed by atoms with Crippen LogP contribution >= 0.6 is 11.3 Å². The third-order valence-electron chi connectivity index (χ3n) is 5.81. The molecule has 1 unspecified atom stereocenters. The Hall–Kier alpha value is -3.56. The molecule has 178 valence electrons. The Morgan fingerprint density at radius 1 is 1.06 bits per heavy atom. The van der Waals surface area contributed by atoms with Crippen LogP contribution in [0, 0.1) is 5.82 Å². The third kappa shape index (κ3) is 4.69. The average Bonchev–Trinajstić information content (AvgIpc) is 3.28. The van der Waals surface area contributed by atoms with Crippen LogP contribution in [-0.2, 0) is 26.8 Å². The van der Waals surface area contributed by atoms with Gasteiger partial charge in [-0.25, -0.2) is 22.6 Å². The molecule has 0 fully saturated rings. The van der Waals surface area contributed by atoms with Gasteiger partial charge in [-0.15, -0.1) is 11.3 Å². The van der Waals surface area contributed by atoms with Gasteiger partial charge in [-0.3, -0.25) is 0 Å². The number of nitrogens with zero attached hydrogens (tertiary/aromatic N) is 1. The van der Waals surface area contributed by atoms with E-state index in [9.17, 15) is 17.6 Å². The molecular formula is C26H20FNO5S2. The summed E-state index contributed by atoms with van der Waals surface area (Å²) in [5.41, 5.74) is 3.21. The lowest BCUT2D eigenvalue weighted by Crippen LogP contribution is -2.22.